The van der Waals surface area contributed by atoms with Gasteiger partial charge in [-0.1, -0.05) is 25.7 Å². The van der Waals surface area contributed by atoms with Crippen molar-refractivity contribution < 1.29 is 8.42 Å². The zero-order valence-electron chi connectivity index (χ0n) is 8.85. The van der Waals surface area contributed by atoms with Crippen LogP contribution in [0.4, 0.5) is 0 Å². The minimum absolute atomic E-state index is 0.169. The van der Waals surface area contributed by atoms with E-state index in [0.29, 0.717) is 5.56 Å². The van der Waals surface area contributed by atoms with Gasteiger partial charge in [-0.2, -0.15) is 0 Å². The summed E-state index contributed by atoms with van der Waals surface area (Å²) in [5.41, 5.74) is 0.621. The largest absolute Gasteiger partial charge is 0.246 e. The molecule has 0 aliphatic heterocycles. The van der Waals surface area contributed by atoms with Crippen LogP contribution in [0.15, 0.2) is 17.6 Å². The molecule has 4 nitrogen and oxygen atoms in total. The predicted molar refractivity (Wildman–Crippen MR) is 56.9 cm³/mol. The van der Waals surface area contributed by atoms with E-state index < -0.39 is 9.84 Å². The van der Waals surface area contributed by atoms with Crippen LogP contribution in [-0.4, -0.2) is 24.6 Å². The molecule has 0 N–H and O–H groups in total. The molecular weight excluding hydrogens is 212 g/mol. The Balaban J connectivity index is 2.98. The summed E-state index contributed by atoms with van der Waals surface area (Å²) < 4.78 is 22.1. The first-order chi connectivity index (χ1) is 6.89. The summed E-state index contributed by atoms with van der Waals surface area (Å²) >= 11 is 0. The third-order valence-electron chi connectivity index (χ3n) is 1.46. The molecule has 1 heterocycles. The molecule has 0 unspecified atom stereocenters. The molecule has 5 heteroatoms. The normalized spacial score (nSPS) is 10.9. The van der Waals surface area contributed by atoms with Gasteiger partial charge in [0.1, 0.15) is 0 Å². The Kier molecular flexibility index (Phi) is 3.43. The molecule has 0 aliphatic rings. The summed E-state index contributed by atoms with van der Waals surface area (Å²) in [5.74, 6) is 6.06. The summed E-state index contributed by atoms with van der Waals surface area (Å²) in [4.78, 5) is 7.45. The van der Waals surface area contributed by atoms with E-state index in [4.69, 9.17) is 0 Å². The second-order valence-electron chi connectivity index (χ2n) is 3.45. The van der Waals surface area contributed by atoms with Crippen LogP contribution in [0.3, 0.4) is 0 Å². The lowest BCUT2D eigenvalue weighted by Gasteiger charge is -1.95. The molecule has 0 spiro atoms. The van der Waals surface area contributed by atoms with E-state index in [1.165, 1.54) is 12.4 Å². The highest BCUT2D eigenvalue weighted by Crippen LogP contribution is 2.01. The molecule has 0 radical (unpaired) electrons. The molecule has 1 aromatic heterocycles. The van der Waals surface area contributed by atoms with Gasteiger partial charge in [0.25, 0.3) is 0 Å². The molecule has 0 saturated heterocycles. The highest BCUT2D eigenvalue weighted by molar-refractivity contribution is 7.90. The van der Waals surface area contributed by atoms with Gasteiger partial charge in [-0.3, -0.25) is 0 Å². The standard InChI is InChI=1S/C10H12N2O2S/c1-8(2)4-5-9-6-11-10(12-7-9)15(3,13)14/h6-8H,1-3H3. The van der Waals surface area contributed by atoms with Crippen LogP contribution in [0.5, 0.6) is 0 Å². The summed E-state index contributed by atoms with van der Waals surface area (Å²) in [6, 6.07) is 0. The Morgan fingerprint density at radius 3 is 2.20 bits per heavy atom. The smallest absolute Gasteiger partial charge is 0.226 e. The monoisotopic (exact) mass is 224 g/mol. The van der Waals surface area contributed by atoms with Crippen LogP contribution in [0.2, 0.25) is 0 Å². The average molecular weight is 224 g/mol. The molecule has 0 amide bonds. The number of sulfone groups is 1. The summed E-state index contributed by atoms with van der Waals surface area (Å²) in [5, 5.41) is -0.169. The van der Waals surface area contributed by atoms with Gasteiger partial charge in [0, 0.05) is 24.6 Å². The zero-order chi connectivity index (χ0) is 11.5. The zero-order valence-corrected chi connectivity index (χ0v) is 9.67. The Hall–Kier alpha value is -1.41. The molecule has 0 fully saturated rings. The third kappa shape index (κ3) is 3.68. The summed E-state index contributed by atoms with van der Waals surface area (Å²) in [7, 11) is -3.32. The molecule has 15 heavy (non-hydrogen) atoms. The van der Waals surface area contributed by atoms with E-state index in [0.717, 1.165) is 6.26 Å². The van der Waals surface area contributed by atoms with E-state index in [1.807, 2.05) is 13.8 Å². The summed E-state index contributed by atoms with van der Waals surface area (Å²) in [6.07, 6.45) is 3.90. The second-order valence-corrected chi connectivity index (χ2v) is 5.36. The van der Waals surface area contributed by atoms with E-state index in [9.17, 15) is 8.42 Å². The number of hydrogen-bond donors (Lipinski definition) is 0. The Morgan fingerprint density at radius 2 is 1.80 bits per heavy atom. The van der Waals surface area contributed by atoms with Crippen molar-refractivity contribution in [1.82, 2.24) is 9.97 Å². The SMILES string of the molecule is CC(C)C#Cc1cnc(S(C)(=O)=O)nc1. The van der Waals surface area contributed by atoms with Crippen LogP contribution in [0.1, 0.15) is 19.4 Å². The first-order valence-electron chi connectivity index (χ1n) is 4.43. The Bertz CT molecular complexity index is 492. The summed E-state index contributed by atoms with van der Waals surface area (Å²) in [6.45, 7) is 3.94. The van der Waals surface area contributed by atoms with Crippen molar-refractivity contribution in [3.63, 3.8) is 0 Å². The predicted octanol–water partition coefficient (Wildman–Crippen LogP) is 0.888. The number of aromatic nitrogens is 2. The van der Waals surface area contributed by atoms with E-state index >= 15 is 0 Å². The van der Waals surface area contributed by atoms with Gasteiger partial charge < -0.3 is 0 Å². The maximum absolute atomic E-state index is 11.0. The fourth-order valence-electron chi connectivity index (χ4n) is 0.800. The van der Waals surface area contributed by atoms with Crippen LogP contribution in [-0.2, 0) is 9.84 Å². The number of nitrogens with zero attached hydrogens (tertiary/aromatic N) is 2. The second kappa shape index (κ2) is 4.41. The van der Waals surface area contributed by atoms with Crippen LogP contribution < -0.4 is 0 Å². The molecule has 80 valence electrons. The van der Waals surface area contributed by atoms with Gasteiger partial charge >= 0.3 is 0 Å². The minimum Gasteiger partial charge on any atom is -0.226 e. The molecule has 1 aromatic rings. The quantitative estimate of drug-likeness (QED) is 0.525. The molecule has 0 bridgehead atoms. The van der Waals surface area contributed by atoms with E-state index in [1.54, 1.807) is 0 Å². The molecule has 0 aromatic carbocycles. The number of rotatable bonds is 1. The fraction of sp³-hybridized carbons (Fsp3) is 0.400. The van der Waals surface area contributed by atoms with Gasteiger partial charge in [0.15, 0.2) is 0 Å². The lowest BCUT2D eigenvalue weighted by molar-refractivity contribution is 0.593. The van der Waals surface area contributed by atoms with E-state index in [2.05, 4.69) is 21.8 Å². The van der Waals surface area contributed by atoms with Crippen molar-refractivity contribution in [2.75, 3.05) is 6.26 Å². The maximum atomic E-state index is 11.0. The van der Waals surface area contributed by atoms with Crippen molar-refractivity contribution in [3.8, 4) is 11.8 Å². The average Bonchev–Trinajstić information content (AvgIpc) is 2.14. The Morgan fingerprint density at radius 1 is 1.27 bits per heavy atom. The van der Waals surface area contributed by atoms with Crippen molar-refractivity contribution in [2.45, 2.75) is 19.0 Å². The molecule has 0 atom stereocenters. The van der Waals surface area contributed by atoms with Gasteiger partial charge in [0.2, 0.25) is 15.0 Å². The highest BCUT2D eigenvalue weighted by Gasteiger charge is 2.09. The highest BCUT2D eigenvalue weighted by atomic mass is 32.2. The van der Waals surface area contributed by atoms with Gasteiger partial charge in [-0.05, 0) is 0 Å². The molecule has 0 saturated carbocycles. The van der Waals surface area contributed by atoms with E-state index in [-0.39, 0.29) is 11.1 Å². The van der Waals surface area contributed by atoms with Crippen molar-refractivity contribution in [3.05, 3.63) is 18.0 Å². The first kappa shape index (κ1) is 11.7. The van der Waals surface area contributed by atoms with Crippen LogP contribution in [0.25, 0.3) is 0 Å². The van der Waals surface area contributed by atoms with Crippen molar-refractivity contribution in [1.29, 1.82) is 0 Å². The topological polar surface area (TPSA) is 59.9 Å². The van der Waals surface area contributed by atoms with Crippen LogP contribution >= 0.6 is 0 Å². The number of hydrogen-bond acceptors (Lipinski definition) is 4. The van der Waals surface area contributed by atoms with Gasteiger partial charge in [-0.25, -0.2) is 18.4 Å². The van der Waals surface area contributed by atoms with Gasteiger partial charge in [0.05, 0.1) is 5.56 Å². The lowest BCUT2D eigenvalue weighted by Crippen LogP contribution is -2.03. The van der Waals surface area contributed by atoms with Crippen LogP contribution in [0, 0.1) is 17.8 Å². The first-order valence-corrected chi connectivity index (χ1v) is 6.32. The maximum Gasteiger partial charge on any atom is 0.246 e. The molecular formula is C10H12N2O2S. The third-order valence-corrected chi connectivity index (χ3v) is 2.34. The lowest BCUT2D eigenvalue weighted by atomic mass is 10.2. The van der Waals surface area contributed by atoms with Crippen molar-refractivity contribution in [2.24, 2.45) is 5.92 Å². The van der Waals surface area contributed by atoms with Gasteiger partial charge in [-0.15, -0.1) is 0 Å². The Labute approximate surface area is 89.7 Å². The minimum atomic E-state index is -3.32. The molecule has 1 rings (SSSR count). The van der Waals surface area contributed by atoms with Crippen molar-refractivity contribution >= 4 is 9.84 Å². The fourth-order valence-corrected chi connectivity index (χ4v) is 1.29. The molecule has 0 aliphatic carbocycles.